The molecule has 0 saturated carbocycles. The Kier molecular flexibility index (Phi) is 4.32. The second kappa shape index (κ2) is 5.83. The Hall–Kier alpha value is -1.56. The van der Waals surface area contributed by atoms with Crippen molar-refractivity contribution in [3.8, 4) is 5.75 Å². The smallest absolute Gasteiger partial charge is 0.241 e. The van der Waals surface area contributed by atoms with Crippen molar-refractivity contribution in [1.29, 1.82) is 0 Å². The maximum atomic E-state index is 12.2. The van der Waals surface area contributed by atoms with Gasteiger partial charge in [0.05, 0.1) is 4.90 Å². The van der Waals surface area contributed by atoms with Crippen molar-refractivity contribution in [3.05, 3.63) is 59.1 Å². The fourth-order valence-corrected chi connectivity index (χ4v) is 3.18. The van der Waals surface area contributed by atoms with Crippen LogP contribution in [-0.2, 0) is 10.0 Å². The first-order valence-electron chi connectivity index (χ1n) is 5.96. The number of aromatic hydroxyl groups is 1. The number of benzene rings is 2. The second-order valence-corrected chi connectivity index (χ2v) is 6.51. The molecule has 1 atom stereocenters. The van der Waals surface area contributed by atoms with E-state index in [4.69, 9.17) is 11.6 Å². The number of hydrogen-bond acceptors (Lipinski definition) is 3. The van der Waals surface area contributed by atoms with Crippen LogP contribution in [-0.4, -0.2) is 13.5 Å². The van der Waals surface area contributed by atoms with Crippen LogP contribution in [0.5, 0.6) is 5.75 Å². The molecule has 0 saturated heterocycles. The van der Waals surface area contributed by atoms with E-state index in [2.05, 4.69) is 4.72 Å². The Labute approximate surface area is 123 Å². The van der Waals surface area contributed by atoms with Crippen molar-refractivity contribution < 1.29 is 13.5 Å². The van der Waals surface area contributed by atoms with E-state index in [1.807, 2.05) is 0 Å². The summed E-state index contributed by atoms with van der Waals surface area (Å²) in [7, 11) is -3.66. The molecule has 2 aromatic rings. The van der Waals surface area contributed by atoms with Crippen LogP contribution >= 0.6 is 11.6 Å². The van der Waals surface area contributed by atoms with Gasteiger partial charge in [0.15, 0.2) is 0 Å². The highest BCUT2D eigenvalue weighted by molar-refractivity contribution is 7.89. The maximum Gasteiger partial charge on any atom is 0.241 e. The first kappa shape index (κ1) is 14.8. The van der Waals surface area contributed by atoms with E-state index in [1.54, 1.807) is 25.1 Å². The lowest BCUT2D eigenvalue weighted by molar-refractivity contribution is 0.460. The number of nitrogens with one attached hydrogen (secondary N) is 1. The maximum absolute atomic E-state index is 12.2. The fourth-order valence-electron chi connectivity index (χ4n) is 1.83. The molecule has 6 heteroatoms. The van der Waals surface area contributed by atoms with Crippen LogP contribution in [0.15, 0.2) is 53.4 Å². The molecule has 0 fully saturated rings. The predicted octanol–water partition coefficient (Wildman–Crippen LogP) is 3.09. The number of hydrogen-bond donors (Lipinski definition) is 2. The quantitative estimate of drug-likeness (QED) is 0.912. The normalized spacial score (nSPS) is 13.1. The Morgan fingerprint density at radius 3 is 2.30 bits per heavy atom. The molecular weight excluding hydrogens is 298 g/mol. The summed E-state index contributed by atoms with van der Waals surface area (Å²) in [6.07, 6.45) is 0. The number of halogens is 1. The van der Waals surface area contributed by atoms with Crippen LogP contribution in [0.4, 0.5) is 0 Å². The monoisotopic (exact) mass is 311 g/mol. The summed E-state index contributed by atoms with van der Waals surface area (Å²) < 4.78 is 26.9. The summed E-state index contributed by atoms with van der Waals surface area (Å²) >= 11 is 5.74. The number of phenolic OH excluding ortho intramolecular Hbond substituents is 1. The SMILES string of the molecule is C[C@H](NS(=O)(=O)c1ccc(Cl)cc1)c1ccccc1O. The number of phenols is 1. The lowest BCUT2D eigenvalue weighted by Gasteiger charge is -2.15. The van der Waals surface area contributed by atoms with Gasteiger partial charge >= 0.3 is 0 Å². The molecule has 2 rings (SSSR count). The molecule has 0 unspecified atom stereocenters. The zero-order valence-corrected chi connectivity index (χ0v) is 12.3. The van der Waals surface area contributed by atoms with Crippen molar-refractivity contribution in [3.63, 3.8) is 0 Å². The molecule has 0 radical (unpaired) electrons. The molecule has 0 aliphatic heterocycles. The molecule has 106 valence electrons. The molecule has 0 heterocycles. The van der Waals surface area contributed by atoms with Crippen molar-refractivity contribution in [2.24, 2.45) is 0 Å². The van der Waals surface area contributed by atoms with Crippen molar-refractivity contribution in [2.75, 3.05) is 0 Å². The summed E-state index contributed by atoms with van der Waals surface area (Å²) in [5.41, 5.74) is 0.519. The van der Waals surface area contributed by atoms with E-state index in [0.717, 1.165) is 0 Å². The molecule has 0 bridgehead atoms. The van der Waals surface area contributed by atoms with E-state index in [0.29, 0.717) is 10.6 Å². The highest BCUT2D eigenvalue weighted by Crippen LogP contribution is 2.25. The van der Waals surface area contributed by atoms with Gasteiger partial charge < -0.3 is 5.11 Å². The van der Waals surface area contributed by atoms with Crippen LogP contribution in [0.25, 0.3) is 0 Å². The molecule has 2 N–H and O–H groups in total. The Bertz CT molecular complexity index is 699. The molecule has 20 heavy (non-hydrogen) atoms. The van der Waals surface area contributed by atoms with Crippen molar-refractivity contribution in [1.82, 2.24) is 4.72 Å². The molecular formula is C14H14ClNO3S. The van der Waals surface area contributed by atoms with E-state index >= 15 is 0 Å². The third-order valence-corrected chi connectivity index (χ3v) is 4.67. The predicted molar refractivity (Wildman–Crippen MR) is 78.3 cm³/mol. The largest absolute Gasteiger partial charge is 0.508 e. The zero-order chi connectivity index (χ0) is 14.8. The van der Waals surface area contributed by atoms with Gasteiger partial charge in [-0.1, -0.05) is 29.8 Å². The molecule has 0 spiro atoms. The van der Waals surface area contributed by atoms with Crippen molar-refractivity contribution in [2.45, 2.75) is 17.9 Å². The van der Waals surface area contributed by atoms with Crippen LogP contribution in [0.2, 0.25) is 5.02 Å². The highest BCUT2D eigenvalue weighted by atomic mass is 35.5. The molecule has 2 aromatic carbocycles. The Morgan fingerprint density at radius 2 is 1.70 bits per heavy atom. The first-order chi connectivity index (χ1) is 9.40. The van der Waals surface area contributed by atoms with Gasteiger partial charge in [-0.15, -0.1) is 0 Å². The summed E-state index contributed by atoms with van der Waals surface area (Å²) in [5, 5.41) is 10.2. The Morgan fingerprint density at radius 1 is 1.10 bits per heavy atom. The zero-order valence-electron chi connectivity index (χ0n) is 10.7. The molecule has 4 nitrogen and oxygen atoms in total. The molecule has 0 aromatic heterocycles. The average Bonchev–Trinajstić information content (AvgIpc) is 2.39. The number of sulfonamides is 1. The lowest BCUT2D eigenvalue weighted by Crippen LogP contribution is -2.26. The van der Waals surface area contributed by atoms with Crippen LogP contribution in [0.3, 0.4) is 0 Å². The standard InChI is InChI=1S/C14H14ClNO3S/c1-10(13-4-2-3-5-14(13)17)16-20(18,19)12-8-6-11(15)7-9-12/h2-10,16-17H,1H3/t10-/m0/s1. The number of rotatable bonds is 4. The minimum absolute atomic E-state index is 0.0545. The van der Waals surface area contributed by atoms with Gasteiger partial charge in [-0.05, 0) is 37.3 Å². The van der Waals surface area contributed by atoms with Gasteiger partial charge in [0.1, 0.15) is 5.75 Å². The van der Waals surface area contributed by atoms with E-state index in [1.165, 1.54) is 30.3 Å². The van der Waals surface area contributed by atoms with Crippen LogP contribution < -0.4 is 4.72 Å². The summed E-state index contributed by atoms with van der Waals surface area (Å²) in [6.45, 7) is 1.67. The molecule has 0 amide bonds. The first-order valence-corrected chi connectivity index (χ1v) is 7.82. The van der Waals surface area contributed by atoms with Gasteiger partial charge in [-0.25, -0.2) is 13.1 Å². The third-order valence-electron chi connectivity index (χ3n) is 2.86. The number of para-hydroxylation sites is 1. The summed E-state index contributed by atoms with van der Waals surface area (Å²) in [4.78, 5) is 0.129. The van der Waals surface area contributed by atoms with Gasteiger partial charge in [-0.3, -0.25) is 0 Å². The minimum Gasteiger partial charge on any atom is -0.508 e. The highest BCUT2D eigenvalue weighted by Gasteiger charge is 2.19. The minimum atomic E-state index is -3.66. The topological polar surface area (TPSA) is 66.4 Å². The fraction of sp³-hybridized carbons (Fsp3) is 0.143. The van der Waals surface area contributed by atoms with Gasteiger partial charge in [0, 0.05) is 16.6 Å². The van der Waals surface area contributed by atoms with Gasteiger partial charge in [0.25, 0.3) is 0 Å². The summed E-state index contributed by atoms with van der Waals surface area (Å²) in [5.74, 6) is 0.0545. The third kappa shape index (κ3) is 3.30. The van der Waals surface area contributed by atoms with Gasteiger partial charge in [-0.2, -0.15) is 0 Å². The average molecular weight is 312 g/mol. The lowest BCUT2D eigenvalue weighted by atomic mass is 10.1. The Balaban J connectivity index is 2.24. The summed E-state index contributed by atoms with van der Waals surface area (Å²) in [6, 6.07) is 12.0. The van der Waals surface area contributed by atoms with Gasteiger partial charge in [0.2, 0.25) is 10.0 Å². The molecule has 0 aliphatic carbocycles. The molecule has 0 aliphatic rings. The van der Waals surface area contributed by atoms with E-state index in [-0.39, 0.29) is 10.6 Å². The van der Waals surface area contributed by atoms with Crippen molar-refractivity contribution >= 4 is 21.6 Å². The van der Waals surface area contributed by atoms with E-state index in [9.17, 15) is 13.5 Å². The van der Waals surface area contributed by atoms with Crippen LogP contribution in [0, 0.1) is 0 Å². The van der Waals surface area contributed by atoms with E-state index < -0.39 is 16.1 Å². The van der Waals surface area contributed by atoms with Crippen LogP contribution in [0.1, 0.15) is 18.5 Å². The second-order valence-electron chi connectivity index (χ2n) is 4.36.